The van der Waals surface area contributed by atoms with Gasteiger partial charge in [-0.1, -0.05) is 22.0 Å². The number of nitrogens with zero attached hydrogens (tertiary/aromatic N) is 1. The summed E-state index contributed by atoms with van der Waals surface area (Å²) in [6, 6.07) is 9.91. The summed E-state index contributed by atoms with van der Waals surface area (Å²) in [5.41, 5.74) is -0.0657. The van der Waals surface area contributed by atoms with Gasteiger partial charge < -0.3 is 0 Å². The van der Waals surface area contributed by atoms with Crippen molar-refractivity contribution in [1.29, 1.82) is 0 Å². The number of sulfonamides is 1. The standard InChI is InChI=1S/C12H8Br2N2O4S/c13-8-4-5-12(11(14)6-8)21(19,20)15-9-2-1-3-10(7-9)16(17)18/h1-7,15H. The highest BCUT2D eigenvalue weighted by molar-refractivity contribution is 9.11. The molecule has 110 valence electrons. The van der Waals surface area contributed by atoms with Gasteiger partial charge in [0.2, 0.25) is 0 Å². The minimum absolute atomic E-state index is 0.0391. The van der Waals surface area contributed by atoms with Crippen LogP contribution in [0.25, 0.3) is 0 Å². The molecule has 0 radical (unpaired) electrons. The number of rotatable bonds is 4. The fourth-order valence-electron chi connectivity index (χ4n) is 1.59. The Morgan fingerprint density at radius 3 is 2.43 bits per heavy atom. The average molecular weight is 436 g/mol. The summed E-state index contributed by atoms with van der Waals surface area (Å²) in [6.45, 7) is 0. The van der Waals surface area contributed by atoms with Gasteiger partial charge in [-0.25, -0.2) is 8.42 Å². The Morgan fingerprint density at radius 2 is 1.81 bits per heavy atom. The van der Waals surface area contributed by atoms with Gasteiger partial charge in [-0.05, 0) is 40.2 Å². The quantitative estimate of drug-likeness (QED) is 0.582. The predicted molar refractivity (Wildman–Crippen MR) is 85.7 cm³/mol. The van der Waals surface area contributed by atoms with Gasteiger partial charge in [0.15, 0.2) is 0 Å². The van der Waals surface area contributed by atoms with Gasteiger partial charge in [-0.15, -0.1) is 0 Å². The molecule has 0 aliphatic carbocycles. The summed E-state index contributed by atoms with van der Waals surface area (Å²) < 4.78 is 28.0. The topological polar surface area (TPSA) is 89.3 Å². The van der Waals surface area contributed by atoms with Gasteiger partial charge >= 0.3 is 0 Å². The number of hydrogen-bond acceptors (Lipinski definition) is 4. The number of nitrogens with one attached hydrogen (secondary N) is 1. The number of non-ortho nitro benzene ring substituents is 1. The second-order valence-corrected chi connectivity index (χ2v) is 7.41. The zero-order valence-corrected chi connectivity index (χ0v) is 14.3. The molecular weight excluding hydrogens is 428 g/mol. The van der Waals surface area contributed by atoms with E-state index in [1.54, 1.807) is 12.1 Å². The Bertz CT molecular complexity index is 809. The van der Waals surface area contributed by atoms with E-state index in [0.29, 0.717) is 4.47 Å². The van der Waals surface area contributed by atoms with Crippen molar-refractivity contribution in [2.24, 2.45) is 0 Å². The van der Waals surface area contributed by atoms with Crippen molar-refractivity contribution in [2.45, 2.75) is 4.90 Å². The summed E-state index contributed by atoms with van der Waals surface area (Å²) in [7, 11) is -3.84. The first-order valence-electron chi connectivity index (χ1n) is 5.52. The summed E-state index contributed by atoms with van der Waals surface area (Å²) in [5, 5.41) is 10.7. The van der Waals surface area contributed by atoms with Crippen LogP contribution in [-0.2, 0) is 10.0 Å². The Balaban J connectivity index is 2.37. The van der Waals surface area contributed by atoms with Gasteiger partial charge in [0, 0.05) is 21.1 Å². The van der Waals surface area contributed by atoms with E-state index in [4.69, 9.17) is 0 Å². The second-order valence-electron chi connectivity index (χ2n) is 3.99. The zero-order chi connectivity index (χ0) is 15.6. The number of halogens is 2. The molecule has 6 nitrogen and oxygen atoms in total. The first-order chi connectivity index (χ1) is 9.79. The fourth-order valence-corrected chi connectivity index (χ4v) is 4.38. The number of nitro benzene ring substituents is 1. The van der Waals surface area contributed by atoms with E-state index in [1.165, 1.54) is 24.3 Å². The van der Waals surface area contributed by atoms with Gasteiger partial charge in [0.05, 0.1) is 10.6 Å². The van der Waals surface area contributed by atoms with Crippen LogP contribution in [0.2, 0.25) is 0 Å². The van der Waals surface area contributed by atoms with Crippen molar-refractivity contribution >= 4 is 53.3 Å². The number of nitro groups is 1. The summed E-state index contributed by atoms with van der Waals surface area (Å²) >= 11 is 6.41. The van der Waals surface area contributed by atoms with Crippen LogP contribution in [0.3, 0.4) is 0 Å². The average Bonchev–Trinajstić information content (AvgIpc) is 2.37. The zero-order valence-electron chi connectivity index (χ0n) is 10.3. The lowest BCUT2D eigenvalue weighted by Gasteiger charge is -2.09. The van der Waals surface area contributed by atoms with Crippen molar-refractivity contribution in [1.82, 2.24) is 0 Å². The molecule has 0 bridgehead atoms. The van der Waals surface area contributed by atoms with E-state index >= 15 is 0 Å². The molecule has 0 aromatic heterocycles. The monoisotopic (exact) mass is 434 g/mol. The SMILES string of the molecule is O=[N+]([O-])c1cccc(NS(=O)(=O)c2ccc(Br)cc2Br)c1. The lowest BCUT2D eigenvalue weighted by atomic mass is 10.3. The van der Waals surface area contributed by atoms with E-state index in [1.807, 2.05) is 0 Å². The normalized spacial score (nSPS) is 11.1. The highest BCUT2D eigenvalue weighted by atomic mass is 79.9. The van der Waals surface area contributed by atoms with Crippen molar-refractivity contribution in [3.63, 3.8) is 0 Å². The third-order valence-corrected chi connectivity index (χ3v) is 5.34. The largest absolute Gasteiger partial charge is 0.279 e. The Morgan fingerprint density at radius 1 is 1.10 bits per heavy atom. The molecule has 0 saturated heterocycles. The van der Waals surface area contributed by atoms with E-state index < -0.39 is 14.9 Å². The lowest BCUT2D eigenvalue weighted by molar-refractivity contribution is -0.384. The van der Waals surface area contributed by atoms with E-state index in [-0.39, 0.29) is 16.3 Å². The molecule has 0 saturated carbocycles. The summed E-state index contributed by atoms with van der Waals surface area (Å²) in [4.78, 5) is 10.1. The van der Waals surface area contributed by atoms with Crippen LogP contribution in [0.4, 0.5) is 11.4 Å². The predicted octanol–water partition coefficient (Wildman–Crippen LogP) is 3.92. The minimum Gasteiger partial charge on any atom is -0.279 e. The highest BCUT2D eigenvalue weighted by Crippen LogP contribution is 2.28. The van der Waals surface area contributed by atoms with Crippen LogP contribution in [0.1, 0.15) is 0 Å². The molecule has 1 N–H and O–H groups in total. The molecule has 2 rings (SSSR count). The third-order valence-electron chi connectivity index (χ3n) is 2.49. The van der Waals surface area contributed by atoms with E-state index in [2.05, 4.69) is 36.6 Å². The Kier molecular flexibility index (Phi) is 4.64. The first kappa shape index (κ1) is 15.9. The molecule has 0 heterocycles. The molecule has 0 aliphatic rings. The molecule has 0 amide bonds. The fraction of sp³-hybridized carbons (Fsp3) is 0. The molecule has 0 fully saturated rings. The van der Waals surface area contributed by atoms with Gasteiger partial charge in [0.1, 0.15) is 4.90 Å². The smallest absolute Gasteiger partial charge is 0.271 e. The van der Waals surface area contributed by atoms with Crippen LogP contribution in [0.15, 0.2) is 56.3 Å². The van der Waals surface area contributed by atoms with Crippen LogP contribution in [0.5, 0.6) is 0 Å². The Hall–Kier alpha value is -1.45. The number of anilines is 1. The van der Waals surface area contributed by atoms with Crippen LogP contribution < -0.4 is 4.72 Å². The molecule has 0 spiro atoms. The van der Waals surface area contributed by atoms with Crippen molar-refractivity contribution < 1.29 is 13.3 Å². The van der Waals surface area contributed by atoms with Crippen LogP contribution in [-0.4, -0.2) is 13.3 Å². The van der Waals surface area contributed by atoms with Crippen LogP contribution in [0, 0.1) is 10.1 Å². The van der Waals surface area contributed by atoms with Gasteiger partial charge in [-0.3, -0.25) is 14.8 Å². The van der Waals surface area contributed by atoms with Crippen molar-refractivity contribution in [3.05, 3.63) is 61.5 Å². The molecule has 0 unspecified atom stereocenters. The molecular formula is C12H8Br2N2O4S. The maximum Gasteiger partial charge on any atom is 0.271 e. The van der Waals surface area contributed by atoms with Gasteiger partial charge in [-0.2, -0.15) is 0 Å². The highest BCUT2D eigenvalue weighted by Gasteiger charge is 2.18. The van der Waals surface area contributed by atoms with Crippen LogP contribution >= 0.6 is 31.9 Å². The molecule has 2 aromatic rings. The maximum absolute atomic E-state index is 12.3. The summed E-state index contributed by atoms with van der Waals surface area (Å²) in [6.07, 6.45) is 0. The summed E-state index contributed by atoms with van der Waals surface area (Å²) in [5.74, 6) is 0. The molecule has 2 aromatic carbocycles. The Labute approximate surface area is 137 Å². The van der Waals surface area contributed by atoms with Gasteiger partial charge in [0.25, 0.3) is 15.7 Å². The van der Waals surface area contributed by atoms with E-state index in [9.17, 15) is 18.5 Å². The molecule has 21 heavy (non-hydrogen) atoms. The first-order valence-corrected chi connectivity index (χ1v) is 8.59. The number of benzene rings is 2. The third kappa shape index (κ3) is 3.80. The van der Waals surface area contributed by atoms with E-state index in [0.717, 1.165) is 10.5 Å². The maximum atomic E-state index is 12.3. The lowest BCUT2D eigenvalue weighted by Crippen LogP contribution is -2.13. The molecule has 0 atom stereocenters. The molecule has 9 heteroatoms. The van der Waals surface area contributed by atoms with Crippen molar-refractivity contribution in [2.75, 3.05) is 4.72 Å². The van der Waals surface area contributed by atoms with Crippen molar-refractivity contribution in [3.8, 4) is 0 Å². The minimum atomic E-state index is -3.84. The second kappa shape index (κ2) is 6.12. The number of hydrogen-bond donors (Lipinski definition) is 1. The molecule has 0 aliphatic heterocycles.